The van der Waals surface area contributed by atoms with Gasteiger partial charge in [-0.3, -0.25) is 4.79 Å². The summed E-state index contributed by atoms with van der Waals surface area (Å²) < 4.78 is 0. The molecule has 0 heterocycles. The first-order chi connectivity index (χ1) is 7.30. The Kier molecular flexibility index (Phi) is 3.74. The molecule has 0 fully saturated rings. The lowest BCUT2D eigenvalue weighted by Crippen LogP contribution is -2.24. The van der Waals surface area contributed by atoms with E-state index in [4.69, 9.17) is 0 Å². The van der Waals surface area contributed by atoms with Crippen LogP contribution in [-0.4, -0.2) is 5.91 Å². The third-order valence-electron chi connectivity index (χ3n) is 2.67. The van der Waals surface area contributed by atoms with Gasteiger partial charge in [-0.25, -0.2) is 0 Å². The van der Waals surface area contributed by atoms with Gasteiger partial charge in [0.25, 0.3) is 0 Å². The van der Waals surface area contributed by atoms with Gasteiger partial charge < -0.3 is 5.32 Å². The minimum Gasteiger partial charge on any atom is -0.350 e. The van der Waals surface area contributed by atoms with Crippen LogP contribution in [0, 0.1) is 0 Å². The number of hydrogen-bond acceptors (Lipinski definition) is 1. The van der Waals surface area contributed by atoms with E-state index in [0.29, 0.717) is 0 Å². The fraction of sp³-hybridized carbons (Fsp3) is 0.500. The van der Waals surface area contributed by atoms with Gasteiger partial charge in [0.1, 0.15) is 0 Å². The van der Waals surface area contributed by atoms with Crippen LogP contribution in [0.4, 0.5) is 0 Å². The minimum absolute atomic E-state index is 0.00802. The summed E-state index contributed by atoms with van der Waals surface area (Å²) in [6.45, 7) is 10.1. The maximum Gasteiger partial charge on any atom is 0.217 e. The molecule has 1 amide bonds. The number of carbonyl (C=O) groups is 1. The van der Waals surface area contributed by atoms with Crippen molar-refractivity contribution in [2.75, 3.05) is 0 Å². The first kappa shape index (κ1) is 12.8. The Morgan fingerprint density at radius 1 is 1.31 bits per heavy atom. The van der Waals surface area contributed by atoms with Gasteiger partial charge in [0.2, 0.25) is 5.91 Å². The maximum absolute atomic E-state index is 11.0. The summed E-state index contributed by atoms with van der Waals surface area (Å²) in [5, 5.41) is 2.90. The van der Waals surface area contributed by atoms with Crippen LogP contribution < -0.4 is 5.32 Å². The molecular formula is C14H21NO. The third-order valence-corrected chi connectivity index (χ3v) is 2.67. The van der Waals surface area contributed by atoms with Crippen LogP contribution in [0.2, 0.25) is 0 Å². The summed E-state index contributed by atoms with van der Waals surface area (Å²) in [6.07, 6.45) is 0. The standard InChI is InChI=1S/C14H21NO/c1-10(15-11(2)16)12-7-6-8-13(9-12)14(3,4)5/h6-10H,1-5H3,(H,15,16). The molecule has 0 aliphatic rings. The van der Waals surface area contributed by atoms with E-state index >= 15 is 0 Å². The molecule has 1 atom stereocenters. The van der Waals surface area contributed by atoms with Crippen LogP contribution >= 0.6 is 0 Å². The highest BCUT2D eigenvalue weighted by Gasteiger charge is 2.15. The molecule has 2 nitrogen and oxygen atoms in total. The summed E-state index contributed by atoms with van der Waals surface area (Å²) >= 11 is 0. The molecule has 0 bridgehead atoms. The van der Waals surface area contributed by atoms with Crippen LogP contribution in [0.15, 0.2) is 24.3 Å². The third kappa shape index (κ3) is 3.37. The lowest BCUT2D eigenvalue weighted by molar-refractivity contribution is -0.119. The van der Waals surface area contributed by atoms with Crippen molar-refractivity contribution in [2.45, 2.75) is 46.1 Å². The van der Waals surface area contributed by atoms with Gasteiger partial charge in [0.15, 0.2) is 0 Å². The van der Waals surface area contributed by atoms with Gasteiger partial charge in [-0.2, -0.15) is 0 Å². The highest BCUT2D eigenvalue weighted by molar-refractivity contribution is 5.73. The van der Waals surface area contributed by atoms with E-state index in [-0.39, 0.29) is 17.4 Å². The van der Waals surface area contributed by atoms with Gasteiger partial charge in [-0.1, -0.05) is 45.0 Å². The largest absolute Gasteiger partial charge is 0.350 e. The highest BCUT2D eigenvalue weighted by Crippen LogP contribution is 2.24. The summed E-state index contributed by atoms with van der Waals surface area (Å²) in [5.41, 5.74) is 2.59. The van der Waals surface area contributed by atoms with Crippen LogP contribution in [0.25, 0.3) is 0 Å². The molecular weight excluding hydrogens is 198 g/mol. The first-order valence-electron chi connectivity index (χ1n) is 5.68. The predicted molar refractivity (Wildman–Crippen MR) is 67.4 cm³/mol. The summed E-state index contributed by atoms with van der Waals surface area (Å²) in [4.78, 5) is 11.0. The van der Waals surface area contributed by atoms with E-state index < -0.39 is 0 Å². The molecule has 1 aromatic carbocycles. The number of hydrogen-bond donors (Lipinski definition) is 1. The molecule has 1 N–H and O–H groups in total. The molecule has 0 aromatic heterocycles. The van der Waals surface area contributed by atoms with Crippen molar-refractivity contribution in [2.24, 2.45) is 0 Å². The van der Waals surface area contributed by atoms with Gasteiger partial charge in [-0.05, 0) is 23.5 Å². The second-order valence-electron chi connectivity index (χ2n) is 5.30. The van der Waals surface area contributed by atoms with E-state index in [1.54, 1.807) is 6.92 Å². The Hall–Kier alpha value is -1.31. The summed E-state index contributed by atoms with van der Waals surface area (Å²) in [6, 6.07) is 8.47. The number of nitrogens with one attached hydrogen (secondary N) is 1. The molecule has 1 unspecified atom stereocenters. The maximum atomic E-state index is 11.0. The van der Waals surface area contributed by atoms with Crippen molar-refractivity contribution >= 4 is 5.91 Å². The van der Waals surface area contributed by atoms with Gasteiger partial charge in [0, 0.05) is 6.92 Å². The van der Waals surface area contributed by atoms with Gasteiger partial charge >= 0.3 is 0 Å². The molecule has 0 radical (unpaired) electrons. The Morgan fingerprint density at radius 2 is 1.94 bits per heavy atom. The monoisotopic (exact) mass is 219 g/mol. The first-order valence-corrected chi connectivity index (χ1v) is 5.68. The van der Waals surface area contributed by atoms with E-state index in [1.165, 1.54) is 5.56 Å². The van der Waals surface area contributed by atoms with Crippen molar-refractivity contribution in [3.63, 3.8) is 0 Å². The van der Waals surface area contributed by atoms with E-state index in [9.17, 15) is 4.79 Å². The fourth-order valence-electron chi connectivity index (χ4n) is 1.66. The molecule has 16 heavy (non-hydrogen) atoms. The Morgan fingerprint density at radius 3 is 2.44 bits per heavy atom. The molecule has 1 rings (SSSR count). The molecule has 88 valence electrons. The molecule has 0 saturated heterocycles. The smallest absolute Gasteiger partial charge is 0.217 e. The minimum atomic E-state index is 0.00802. The van der Waals surface area contributed by atoms with Crippen molar-refractivity contribution < 1.29 is 4.79 Å². The number of carbonyl (C=O) groups excluding carboxylic acids is 1. The van der Waals surface area contributed by atoms with E-state index in [0.717, 1.165) is 5.56 Å². The second kappa shape index (κ2) is 4.69. The van der Waals surface area contributed by atoms with Gasteiger partial charge in [0.05, 0.1) is 6.04 Å². The van der Waals surface area contributed by atoms with E-state index in [1.807, 2.05) is 13.0 Å². The fourth-order valence-corrected chi connectivity index (χ4v) is 1.66. The molecule has 1 aromatic rings. The Labute approximate surface area is 98.1 Å². The lowest BCUT2D eigenvalue weighted by atomic mass is 9.85. The van der Waals surface area contributed by atoms with Crippen molar-refractivity contribution in [1.29, 1.82) is 0 Å². The molecule has 2 heteroatoms. The zero-order chi connectivity index (χ0) is 12.3. The number of benzene rings is 1. The average molecular weight is 219 g/mol. The number of amides is 1. The molecule has 0 spiro atoms. The Balaban J connectivity index is 2.94. The quantitative estimate of drug-likeness (QED) is 0.813. The summed E-state index contributed by atoms with van der Waals surface area (Å²) in [7, 11) is 0. The van der Waals surface area contributed by atoms with Gasteiger partial charge in [-0.15, -0.1) is 0 Å². The Bertz CT molecular complexity index is 377. The zero-order valence-electron chi connectivity index (χ0n) is 10.8. The van der Waals surface area contributed by atoms with Crippen LogP contribution in [-0.2, 0) is 10.2 Å². The zero-order valence-corrected chi connectivity index (χ0v) is 10.8. The molecule has 0 saturated carbocycles. The normalized spacial score (nSPS) is 13.3. The molecule has 0 aliphatic carbocycles. The van der Waals surface area contributed by atoms with E-state index in [2.05, 4.69) is 44.3 Å². The SMILES string of the molecule is CC(=O)NC(C)c1cccc(C(C)(C)C)c1. The topological polar surface area (TPSA) is 29.1 Å². The molecule has 0 aliphatic heterocycles. The van der Waals surface area contributed by atoms with Crippen molar-refractivity contribution in [1.82, 2.24) is 5.32 Å². The predicted octanol–water partition coefficient (Wildman–Crippen LogP) is 3.18. The van der Waals surface area contributed by atoms with Crippen molar-refractivity contribution in [3.05, 3.63) is 35.4 Å². The average Bonchev–Trinajstić information content (AvgIpc) is 2.15. The van der Waals surface area contributed by atoms with Crippen LogP contribution in [0.1, 0.15) is 51.8 Å². The number of rotatable bonds is 2. The van der Waals surface area contributed by atoms with Crippen molar-refractivity contribution in [3.8, 4) is 0 Å². The lowest BCUT2D eigenvalue weighted by Gasteiger charge is -2.21. The highest BCUT2D eigenvalue weighted by atomic mass is 16.1. The summed E-state index contributed by atoms with van der Waals surface area (Å²) in [5.74, 6) is 0.00802. The van der Waals surface area contributed by atoms with Crippen LogP contribution in [0.5, 0.6) is 0 Å². The second-order valence-corrected chi connectivity index (χ2v) is 5.30. The van der Waals surface area contributed by atoms with Crippen LogP contribution in [0.3, 0.4) is 0 Å².